The summed E-state index contributed by atoms with van der Waals surface area (Å²) >= 11 is 0. The van der Waals surface area contributed by atoms with Crippen molar-refractivity contribution >= 4 is 11.6 Å². The molecular weight excluding hydrogens is 226 g/mol. The molecule has 1 aromatic heterocycles. The van der Waals surface area contributed by atoms with E-state index < -0.39 is 0 Å². The van der Waals surface area contributed by atoms with Crippen LogP contribution in [0.3, 0.4) is 0 Å². The van der Waals surface area contributed by atoms with Crippen LogP contribution in [0.15, 0.2) is 12.4 Å². The summed E-state index contributed by atoms with van der Waals surface area (Å²) in [5.41, 5.74) is 0. The van der Waals surface area contributed by atoms with E-state index in [4.69, 9.17) is 0 Å². The molecule has 2 heterocycles. The minimum Gasteiger partial charge on any atom is -0.373 e. The van der Waals surface area contributed by atoms with Gasteiger partial charge in [0.1, 0.15) is 18.0 Å². The highest BCUT2D eigenvalue weighted by Crippen LogP contribution is 2.24. The van der Waals surface area contributed by atoms with Crippen molar-refractivity contribution in [1.29, 1.82) is 0 Å². The summed E-state index contributed by atoms with van der Waals surface area (Å²) in [5.74, 6) is 2.79. The molecule has 5 nitrogen and oxygen atoms in total. The first-order valence-corrected chi connectivity index (χ1v) is 6.73. The van der Waals surface area contributed by atoms with Gasteiger partial charge >= 0.3 is 0 Å². The van der Waals surface area contributed by atoms with Crippen LogP contribution in [-0.2, 0) is 0 Å². The van der Waals surface area contributed by atoms with E-state index in [1.54, 1.807) is 6.33 Å². The Bertz CT molecular complexity index is 360. The second-order valence-corrected chi connectivity index (χ2v) is 4.83. The zero-order valence-electron chi connectivity index (χ0n) is 11.3. The van der Waals surface area contributed by atoms with Crippen LogP contribution in [0.5, 0.6) is 0 Å². The number of nitrogens with one attached hydrogen (secondary N) is 2. The first-order chi connectivity index (χ1) is 8.83. The number of nitrogens with zero attached hydrogens (tertiary/aromatic N) is 3. The predicted molar refractivity (Wildman–Crippen MR) is 75.1 cm³/mol. The van der Waals surface area contributed by atoms with Gasteiger partial charge in [0.2, 0.25) is 0 Å². The van der Waals surface area contributed by atoms with Crippen LogP contribution in [0.4, 0.5) is 11.6 Å². The van der Waals surface area contributed by atoms with Crippen molar-refractivity contribution in [2.75, 3.05) is 43.9 Å². The van der Waals surface area contributed by atoms with Crippen molar-refractivity contribution in [3.63, 3.8) is 0 Å². The molecule has 1 fully saturated rings. The fourth-order valence-electron chi connectivity index (χ4n) is 2.46. The number of aromatic nitrogens is 2. The van der Waals surface area contributed by atoms with E-state index in [2.05, 4.69) is 25.5 Å². The van der Waals surface area contributed by atoms with Crippen molar-refractivity contribution in [3.8, 4) is 0 Å². The minimum absolute atomic E-state index is 0.860. The summed E-state index contributed by atoms with van der Waals surface area (Å²) in [7, 11) is 3.91. The first kappa shape index (κ1) is 13.1. The molecule has 100 valence electrons. The van der Waals surface area contributed by atoms with Crippen LogP contribution in [0.2, 0.25) is 0 Å². The SMILES string of the molecule is CNCCC1CCN(c2cc(NC)ncn2)CC1. The van der Waals surface area contributed by atoms with Gasteiger partial charge in [-0.05, 0) is 38.8 Å². The highest BCUT2D eigenvalue weighted by atomic mass is 15.2. The third-order valence-electron chi connectivity index (χ3n) is 3.65. The molecule has 0 aliphatic carbocycles. The molecule has 1 aromatic rings. The van der Waals surface area contributed by atoms with Crippen molar-refractivity contribution in [2.45, 2.75) is 19.3 Å². The van der Waals surface area contributed by atoms with E-state index in [0.717, 1.165) is 37.2 Å². The van der Waals surface area contributed by atoms with Gasteiger partial charge in [-0.3, -0.25) is 0 Å². The molecule has 18 heavy (non-hydrogen) atoms. The van der Waals surface area contributed by atoms with E-state index in [-0.39, 0.29) is 0 Å². The van der Waals surface area contributed by atoms with Crippen LogP contribution in [0.1, 0.15) is 19.3 Å². The quantitative estimate of drug-likeness (QED) is 0.825. The fraction of sp³-hybridized carbons (Fsp3) is 0.692. The summed E-state index contributed by atoms with van der Waals surface area (Å²) in [6.45, 7) is 3.34. The third kappa shape index (κ3) is 3.32. The third-order valence-corrected chi connectivity index (χ3v) is 3.65. The van der Waals surface area contributed by atoms with Crippen LogP contribution >= 0.6 is 0 Å². The van der Waals surface area contributed by atoms with Crippen molar-refractivity contribution in [3.05, 3.63) is 12.4 Å². The lowest BCUT2D eigenvalue weighted by molar-refractivity contribution is 0.377. The second kappa shape index (κ2) is 6.54. The van der Waals surface area contributed by atoms with E-state index in [1.807, 2.05) is 20.2 Å². The maximum absolute atomic E-state index is 4.36. The van der Waals surface area contributed by atoms with Gasteiger partial charge in [-0.1, -0.05) is 0 Å². The summed E-state index contributed by atoms with van der Waals surface area (Å²) < 4.78 is 0. The summed E-state index contributed by atoms with van der Waals surface area (Å²) in [6, 6.07) is 2.02. The topological polar surface area (TPSA) is 53.1 Å². The monoisotopic (exact) mass is 249 g/mol. The van der Waals surface area contributed by atoms with Crippen LogP contribution in [-0.4, -0.2) is 43.7 Å². The molecule has 1 aliphatic heterocycles. The van der Waals surface area contributed by atoms with Gasteiger partial charge in [-0.15, -0.1) is 0 Å². The Balaban J connectivity index is 1.88. The first-order valence-electron chi connectivity index (χ1n) is 6.73. The number of anilines is 2. The van der Waals surface area contributed by atoms with Crippen molar-refractivity contribution in [2.24, 2.45) is 5.92 Å². The minimum atomic E-state index is 0.860. The molecule has 2 rings (SSSR count). The van der Waals surface area contributed by atoms with Crippen LogP contribution in [0, 0.1) is 5.92 Å². The molecule has 0 unspecified atom stereocenters. The van der Waals surface area contributed by atoms with Gasteiger partial charge in [-0.25, -0.2) is 9.97 Å². The second-order valence-electron chi connectivity index (χ2n) is 4.83. The summed E-state index contributed by atoms with van der Waals surface area (Å²) in [4.78, 5) is 10.9. The Hall–Kier alpha value is -1.36. The van der Waals surface area contributed by atoms with Gasteiger partial charge in [-0.2, -0.15) is 0 Å². The summed E-state index contributed by atoms with van der Waals surface area (Å²) in [5, 5.41) is 6.29. The smallest absolute Gasteiger partial charge is 0.134 e. The predicted octanol–water partition coefficient (Wildman–Crippen LogP) is 1.34. The molecule has 0 atom stereocenters. The largest absolute Gasteiger partial charge is 0.373 e. The van der Waals surface area contributed by atoms with Crippen molar-refractivity contribution in [1.82, 2.24) is 15.3 Å². The lowest BCUT2D eigenvalue weighted by Crippen LogP contribution is -2.35. The molecule has 1 saturated heterocycles. The molecule has 0 bridgehead atoms. The molecule has 2 N–H and O–H groups in total. The molecule has 0 aromatic carbocycles. The number of hydrogen-bond acceptors (Lipinski definition) is 5. The zero-order chi connectivity index (χ0) is 12.8. The lowest BCUT2D eigenvalue weighted by Gasteiger charge is -2.32. The number of piperidine rings is 1. The van der Waals surface area contributed by atoms with Gasteiger partial charge in [0, 0.05) is 26.2 Å². The van der Waals surface area contributed by atoms with Gasteiger partial charge < -0.3 is 15.5 Å². The van der Waals surface area contributed by atoms with E-state index >= 15 is 0 Å². The molecular formula is C13H23N5. The molecule has 1 aliphatic rings. The number of hydrogen-bond donors (Lipinski definition) is 2. The van der Waals surface area contributed by atoms with E-state index in [9.17, 15) is 0 Å². The Labute approximate surface area is 109 Å². The van der Waals surface area contributed by atoms with Crippen molar-refractivity contribution < 1.29 is 0 Å². The molecule has 5 heteroatoms. The average molecular weight is 249 g/mol. The fourth-order valence-corrected chi connectivity index (χ4v) is 2.46. The maximum atomic E-state index is 4.36. The van der Waals surface area contributed by atoms with Gasteiger partial charge in [0.05, 0.1) is 0 Å². The van der Waals surface area contributed by atoms with Crippen LogP contribution < -0.4 is 15.5 Å². The van der Waals surface area contributed by atoms with Crippen LogP contribution in [0.25, 0.3) is 0 Å². The normalized spacial score (nSPS) is 16.9. The zero-order valence-corrected chi connectivity index (χ0v) is 11.3. The Morgan fingerprint density at radius 1 is 1.28 bits per heavy atom. The van der Waals surface area contributed by atoms with Gasteiger partial charge in [0.15, 0.2) is 0 Å². The molecule has 0 spiro atoms. The van der Waals surface area contributed by atoms with E-state index in [1.165, 1.54) is 19.3 Å². The average Bonchev–Trinajstić information content (AvgIpc) is 2.46. The highest BCUT2D eigenvalue weighted by molar-refractivity contribution is 5.48. The Kier molecular flexibility index (Phi) is 4.75. The van der Waals surface area contributed by atoms with E-state index in [0.29, 0.717) is 0 Å². The maximum Gasteiger partial charge on any atom is 0.134 e. The number of rotatable bonds is 5. The van der Waals surface area contributed by atoms with Gasteiger partial charge in [0.25, 0.3) is 0 Å². The summed E-state index contributed by atoms with van der Waals surface area (Å²) in [6.07, 6.45) is 5.45. The molecule has 0 amide bonds. The highest BCUT2D eigenvalue weighted by Gasteiger charge is 2.19. The molecule has 0 radical (unpaired) electrons. The Morgan fingerprint density at radius 2 is 2.06 bits per heavy atom. The molecule has 0 saturated carbocycles. The standard InChI is InChI=1S/C13H23N5/c1-14-6-3-11-4-7-18(8-5-11)13-9-12(15-2)16-10-17-13/h9-11,14H,3-8H2,1-2H3,(H,15,16,17). The Morgan fingerprint density at radius 3 is 2.72 bits per heavy atom. The lowest BCUT2D eigenvalue weighted by atomic mass is 9.93.